The van der Waals surface area contributed by atoms with E-state index in [1.54, 1.807) is 0 Å². The minimum Gasteiger partial charge on any atom is -0.457 e. The summed E-state index contributed by atoms with van der Waals surface area (Å²) < 4.78 is 15.7. The summed E-state index contributed by atoms with van der Waals surface area (Å²) in [5.41, 5.74) is 15.3. The molecule has 0 saturated carbocycles. The summed E-state index contributed by atoms with van der Waals surface area (Å²) in [6.07, 6.45) is 6.33. The van der Waals surface area contributed by atoms with Gasteiger partial charge in [-0.3, -0.25) is 4.57 Å². The lowest BCUT2D eigenvalue weighted by Crippen LogP contribution is -2.40. The normalized spacial score (nSPS) is 16.3. The summed E-state index contributed by atoms with van der Waals surface area (Å²) >= 11 is 0. The van der Waals surface area contributed by atoms with Gasteiger partial charge in [-0.2, -0.15) is 0 Å². The average Bonchev–Trinajstić information content (AvgIpc) is 3.90. The lowest BCUT2D eigenvalue weighted by Gasteiger charge is -2.51. The summed E-state index contributed by atoms with van der Waals surface area (Å²) in [4.78, 5) is 12.1. The molecule has 6 aromatic carbocycles. The molecule has 0 N–H and O–H groups in total. The predicted molar refractivity (Wildman–Crippen MR) is 267 cm³/mol. The fourth-order valence-electron chi connectivity index (χ4n) is 10.8. The second-order valence-corrected chi connectivity index (χ2v) is 21.5. The Labute approximate surface area is 382 Å². The molecular weight excluding hydrogens is 799 g/mol. The van der Waals surface area contributed by atoms with E-state index in [4.69, 9.17) is 14.5 Å². The van der Waals surface area contributed by atoms with E-state index in [-0.39, 0.29) is 21.7 Å². The highest BCUT2D eigenvalue weighted by Crippen LogP contribution is 2.66. The molecule has 7 nitrogen and oxygen atoms in total. The van der Waals surface area contributed by atoms with Gasteiger partial charge in [-0.1, -0.05) is 106 Å². The van der Waals surface area contributed by atoms with Crippen LogP contribution in [0.5, 0.6) is 23.0 Å². The van der Waals surface area contributed by atoms with Gasteiger partial charge in [-0.05, 0) is 117 Å². The van der Waals surface area contributed by atoms with E-state index >= 15 is 0 Å². The van der Waals surface area contributed by atoms with Crippen LogP contribution in [0.15, 0.2) is 140 Å². The smallest absolute Gasteiger partial charge is 0.151 e. The molecule has 2 aromatic heterocycles. The SMILES string of the molecule is CC(C)(C)c1ccnc(-n2c3ccc(C(C)(C)C)cc3c3ccc(Oc4cccc(N5C=CN(c6cc7c8c(c6)C(C)(C)c6cccc9c6N8c6c(cccc6C7(C)C)O9)C5)c4)cc32)c1. The molecule has 0 saturated heterocycles. The average molecular weight is 854 g/mol. The largest absolute Gasteiger partial charge is 0.457 e. The third kappa shape index (κ3) is 5.83. The molecule has 7 heteroatoms. The van der Waals surface area contributed by atoms with Gasteiger partial charge < -0.3 is 24.2 Å². The molecule has 0 aliphatic carbocycles. The predicted octanol–water partition coefficient (Wildman–Crippen LogP) is 15.2. The van der Waals surface area contributed by atoms with E-state index < -0.39 is 0 Å². The first-order valence-electron chi connectivity index (χ1n) is 23.0. The third-order valence-electron chi connectivity index (χ3n) is 14.6. The van der Waals surface area contributed by atoms with E-state index in [0.29, 0.717) is 6.67 Å². The minimum absolute atomic E-state index is 0.0140. The van der Waals surface area contributed by atoms with Gasteiger partial charge in [-0.25, -0.2) is 4.98 Å². The number of rotatable bonds is 5. The Morgan fingerprint density at radius 1 is 0.538 bits per heavy atom. The molecule has 65 heavy (non-hydrogen) atoms. The van der Waals surface area contributed by atoms with Crippen molar-refractivity contribution < 1.29 is 9.47 Å². The second kappa shape index (κ2) is 13.3. The van der Waals surface area contributed by atoms with Crippen molar-refractivity contribution in [1.82, 2.24) is 9.55 Å². The van der Waals surface area contributed by atoms with Crippen molar-refractivity contribution >= 4 is 50.2 Å². The third-order valence-corrected chi connectivity index (χ3v) is 14.6. The number of benzene rings is 6. The van der Waals surface area contributed by atoms with Crippen molar-refractivity contribution in [2.75, 3.05) is 21.4 Å². The Balaban J connectivity index is 0.880. The molecule has 324 valence electrons. The topological polar surface area (TPSA) is 46.0 Å². The number of aromatic nitrogens is 2. The lowest BCUT2D eigenvalue weighted by atomic mass is 9.65. The molecule has 0 radical (unpaired) electrons. The molecule has 0 atom stereocenters. The number of ether oxygens (including phenoxy) is 2. The van der Waals surface area contributed by atoms with Crippen LogP contribution in [0.1, 0.15) is 103 Å². The molecular formula is C58H55N5O2. The zero-order valence-corrected chi connectivity index (χ0v) is 39.0. The van der Waals surface area contributed by atoms with Gasteiger partial charge >= 0.3 is 0 Å². The van der Waals surface area contributed by atoms with Gasteiger partial charge in [0.15, 0.2) is 11.5 Å². The lowest BCUT2D eigenvalue weighted by molar-refractivity contribution is 0.464. The summed E-state index contributed by atoms with van der Waals surface area (Å²) in [6, 6.07) is 44.0. The van der Waals surface area contributed by atoms with Crippen molar-refractivity contribution in [2.45, 2.75) is 90.9 Å². The first kappa shape index (κ1) is 39.6. The Morgan fingerprint density at radius 2 is 1.15 bits per heavy atom. The summed E-state index contributed by atoms with van der Waals surface area (Å²) in [5, 5.41) is 2.39. The molecule has 6 heterocycles. The number of hydrogen-bond donors (Lipinski definition) is 0. The van der Waals surface area contributed by atoms with Gasteiger partial charge in [0.2, 0.25) is 0 Å². The number of para-hydroxylation sites is 2. The van der Waals surface area contributed by atoms with Crippen molar-refractivity contribution in [2.24, 2.45) is 0 Å². The Morgan fingerprint density at radius 3 is 1.82 bits per heavy atom. The number of hydrogen-bond acceptors (Lipinski definition) is 6. The monoisotopic (exact) mass is 853 g/mol. The molecule has 4 aliphatic rings. The highest BCUT2D eigenvalue weighted by Gasteiger charge is 2.49. The van der Waals surface area contributed by atoms with Crippen LogP contribution in [0.3, 0.4) is 0 Å². The quantitative estimate of drug-likeness (QED) is 0.172. The fraction of sp³-hybridized carbons (Fsp3) is 0.259. The zero-order valence-electron chi connectivity index (χ0n) is 39.0. The number of anilines is 5. The van der Waals surface area contributed by atoms with Crippen LogP contribution in [-0.2, 0) is 21.7 Å². The van der Waals surface area contributed by atoms with Gasteiger partial charge in [0.25, 0.3) is 0 Å². The Hall–Kier alpha value is -6.99. The van der Waals surface area contributed by atoms with E-state index in [0.717, 1.165) is 45.5 Å². The van der Waals surface area contributed by atoms with Gasteiger partial charge in [-0.15, -0.1) is 0 Å². The first-order valence-corrected chi connectivity index (χ1v) is 23.0. The molecule has 8 aromatic rings. The molecule has 0 bridgehead atoms. The second-order valence-electron chi connectivity index (χ2n) is 21.5. The van der Waals surface area contributed by atoms with Crippen LogP contribution in [0.2, 0.25) is 0 Å². The molecule has 4 aliphatic heterocycles. The van der Waals surface area contributed by atoms with Crippen LogP contribution in [0, 0.1) is 0 Å². The highest BCUT2D eigenvalue weighted by atomic mass is 16.5. The molecule has 0 amide bonds. The zero-order chi connectivity index (χ0) is 44.9. The number of fused-ring (bicyclic) bond motifs is 3. The minimum atomic E-state index is -0.250. The van der Waals surface area contributed by atoms with Gasteiger partial charge in [0.05, 0.1) is 34.8 Å². The van der Waals surface area contributed by atoms with Crippen LogP contribution in [-0.4, -0.2) is 16.2 Å². The van der Waals surface area contributed by atoms with E-state index in [1.807, 2.05) is 12.3 Å². The van der Waals surface area contributed by atoms with Crippen molar-refractivity contribution in [3.05, 3.63) is 173 Å². The Kier molecular flexibility index (Phi) is 8.09. The fourth-order valence-corrected chi connectivity index (χ4v) is 10.8. The van der Waals surface area contributed by atoms with Crippen molar-refractivity contribution in [3.63, 3.8) is 0 Å². The van der Waals surface area contributed by atoms with Crippen molar-refractivity contribution in [3.8, 4) is 28.8 Å². The maximum absolute atomic E-state index is 6.75. The number of nitrogens with zero attached hydrogens (tertiary/aromatic N) is 5. The summed E-state index contributed by atoms with van der Waals surface area (Å²) in [7, 11) is 0. The van der Waals surface area contributed by atoms with Crippen LogP contribution in [0.25, 0.3) is 27.6 Å². The molecule has 0 unspecified atom stereocenters. The van der Waals surface area contributed by atoms with Crippen LogP contribution in [0.4, 0.5) is 28.4 Å². The van der Waals surface area contributed by atoms with Crippen LogP contribution < -0.4 is 24.2 Å². The van der Waals surface area contributed by atoms with Crippen LogP contribution >= 0.6 is 0 Å². The Bertz CT molecular complexity index is 3270. The number of pyridine rings is 1. The van der Waals surface area contributed by atoms with E-state index in [9.17, 15) is 0 Å². The standard InChI is InChI=1S/C58H55N5O2/c1-55(2,3)35-20-23-47-42(28-35)41-22-21-40(33-48(41)62(47)51-29-36(24-25-59-51)56(4,5)6)64-39-15-11-14-37(30-39)60-26-27-61(34-60)38-31-45-52-46(32-38)58(9,10)44-17-13-19-50-54(44)63(52)53-43(57(45,7)8)16-12-18-49(53)65-50/h11-33H,34H2,1-10H3. The molecule has 12 rings (SSSR count). The molecule has 0 spiro atoms. The van der Waals surface area contributed by atoms with Gasteiger partial charge in [0.1, 0.15) is 17.3 Å². The van der Waals surface area contributed by atoms with E-state index in [1.165, 1.54) is 66.9 Å². The maximum atomic E-state index is 6.75. The highest BCUT2D eigenvalue weighted by molar-refractivity contribution is 6.10. The van der Waals surface area contributed by atoms with Gasteiger partial charge in [0, 0.05) is 63.7 Å². The summed E-state index contributed by atoms with van der Waals surface area (Å²) in [5.74, 6) is 4.30. The summed E-state index contributed by atoms with van der Waals surface area (Å²) in [6.45, 7) is 23.7. The maximum Gasteiger partial charge on any atom is 0.151 e. The van der Waals surface area contributed by atoms with Crippen molar-refractivity contribution in [1.29, 1.82) is 0 Å². The van der Waals surface area contributed by atoms with E-state index in [2.05, 4.69) is 216 Å². The first-order chi connectivity index (χ1) is 31.0. The molecule has 0 fully saturated rings.